The van der Waals surface area contributed by atoms with Crippen LogP contribution in [0, 0.1) is 12.7 Å². The Morgan fingerprint density at radius 2 is 1.82 bits per heavy atom. The predicted octanol–water partition coefficient (Wildman–Crippen LogP) is 5.05. The molecule has 0 aliphatic carbocycles. The maximum absolute atomic E-state index is 13.6. The Kier molecular flexibility index (Phi) is 6.47. The summed E-state index contributed by atoms with van der Waals surface area (Å²) in [6, 6.07) is 15.4. The van der Waals surface area contributed by atoms with E-state index in [1.54, 1.807) is 42.5 Å². The number of urea groups is 1. The normalized spacial score (nSPS) is 15.0. The number of benzene rings is 3. The lowest BCUT2D eigenvalue weighted by Crippen LogP contribution is -2.54. The van der Waals surface area contributed by atoms with Crippen molar-refractivity contribution in [2.45, 2.75) is 13.3 Å². The van der Waals surface area contributed by atoms with Crippen LogP contribution < -0.4 is 15.0 Å². The molecule has 0 saturated carbocycles. The number of imide groups is 2. The van der Waals surface area contributed by atoms with E-state index in [2.05, 4.69) is 5.32 Å². The van der Waals surface area contributed by atoms with Gasteiger partial charge in [0.25, 0.3) is 11.8 Å². The van der Waals surface area contributed by atoms with Crippen molar-refractivity contribution in [1.82, 2.24) is 5.32 Å². The van der Waals surface area contributed by atoms with Crippen LogP contribution in [-0.4, -0.2) is 25.0 Å². The first-order chi connectivity index (χ1) is 16.3. The monoisotopic (exact) mass is 478 g/mol. The predicted molar refractivity (Wildman–Crippen MR) is 127 cm³/mol. The molecule has 1 aliphatic rings. The number of nitrogens with one attached hydrogen (secondary N) is 1. The van der Waals surface area contributed by atoms with Crippen LogP contribution in [0.2, 0.25) is 5.02 Å². The molecule has 4 amide bonds. The molecule has 3 aromatic carbocycles. The number of hydrogen-bond acceptors (Lipinski definition) is 4. The fourth-order valence-corrected chi connectivity index (χ4v) is 4.03. The molecule has 0 radical (unpaired) electrons. The number of anilines is 1. The number of rotatable bonds is 5. The number of hydrogen-bond donors (Lipinski definition) is 1. The van der Waals surface area contributed by atoms with Gasteiger partial charge in [-0.05, 0) is 66.1 Å². The van der Waals surface area contributed by atoms with Crippen LogP contribution in [0.3, 0.4) is 0 Å². The summed E-state index contributed by atoms with van der Waals surface area (Å²) in [6.07, 6.45) is 1.68. The van der Waals surface area contributed by atoms with Crippen molar-refractivity contribution < 1.29 is 23.5 Å². The standard InChI is InChI=1S/C26H20ClFN2O4/c1-15-5-3-8-19(9-15)30-25(32)21(24(31)29-26(30)33)12-17-13-22(27)20(23(14-17)34-2)11-16-6-4-7-18(28)10-16/h3-10,12-14H,11H2,1-2H3,(H,29,31,33)/b21-12+. The lowest BCUT2D eigenvalue weighted by Gasteiger charge is -2.26. The van der Waals surface area contributed by atoms with Gasteiger partial charge in [-0.1, -0.05) is 35.9 Å². The van der Waals surface area contributed by atoms with Gasteiger partial charge in [-0.3, -0.25) is 14.9 Å². The Balaban J connectivity index is 1.71. The minimum Gasteiger partial charge on any atom is -0.496 e. The summed E-state index contributed by atoms with van der Waals surface area (Å²) in [5.41, 5.74) is 2.75. The molecule has 1 aliphatic heterocycles. The van der Waals surface area contributed by atoms with Crippen LogP contribution in [0.25, 0.3) is 6.08 Å². The van der Waals surface area contributed by atoms with Crippen LogP contribution in [0.5, 0.6) is 5.75 Å². The molecule has 1 saturated heterocycles. The smallest absolute Gasteiger partial charge is 0.335 e. The second-order valence-electron chi connectivity index (χ2n) is 7.79. The van der Waals surface area contributed by atoms with Gasteiger partial charge in [0.2, 0.25) is 0 Å². The summed E-state index contributed by atoms with van der Waals surface area (Å²) >= 11 is 6.51. The van der Waals surface area contributed by atoms with Crippen LogP contribution in [-0.2, 0) is 16.0 Å². The highest BCUT2D eigenvalue weighted by Crippen LogP contribution is 2.32. The van der Waals surface area contributed by atoms with E-state index in [9.17, 15) is 18.8 Å². The second kappa shape index (κ2) is 9.49. The molecule has 0 spiro atoms. The third kappa shape index (κ3) is 4.70. The maximum atomic E-state index is 13.6. The van der Waals surface area contributed by atoms with Crippen molar-refractivity contribution in [3.05, 3.63) is 99.3 Å². The van der Waals surface area contributed by atoms with Gasteiger partial charge in [0.15, 0.2) is 0 Å². The van der Waals surface area contributed by atoms with E-state index in [-0.39, 0.29) is 11.4 Å². The topological polar surface area (TPSA) is 75.7 Å². The number of halogens is 2. The van der Waals surface area contributed by atoms with Crippen molar-refractivity contribution in [2.24, 2.45) is 0 Å². The maximum Gasteiger partial charge on any atom is 0.335 e. The number of aryl methyl sites for hydroxylation is 1. The zero-order valence-electron chi connectivity index (χ0n) is 18.4. The summed E-state index contributed by atoms with van der Waals surface area (Å²) in [5, 5.41) is 2.52. The number of barbiturate groups is 1. The van der Waals surface area contributed by atoms with Crippen molar-refractivity contribution in [1.29, 1.82) is 0 Å². The molecule has 4 rings (SSSR count). The highest BCUT2D eigenvalue weighted by Gasteiger charge is 2.36. The Bertz CT molecular complexity index is 1350. The SMILES string of the molecule is COc1cc(/C=C2\C(=O)NC(=O)N(c3cccc(C)c3)C2=O)cc(Cl)c1Cc1cccc(F)c1. The lowest BCUT2D eigenvalue weighted by molar-refractivity contribution is -0.122. The van der Waals surface area contributed by atoms with Gasteiger partial charge >= 0.3 is 6.03 Å². The summed E-state index contributed by atoms with van der Waals surface area (Å²) in [5.74, 6) is -1.50. The average Bonchev–Trinajstić information content (AvgIpc) is 2.78. The zero-order chi connectivity index (χ0) is 24.4. The van der Waals surface area contributed by atoms with Crippen LogP contribution in [0.15, 0.2) is 66.2 Å². The Hall–Kier alpha value is -3.97. The Morgan fingerprint density at radius 3 is 2.53 bits per heavy atom. The van der Waals surface area contributed by atoms with Gasteiger partial charge in [-0.15, -0.1) is 0 Å². The van der Waals surface area contributed by atoms with Crippen LogP contribution in [0.1, 0.15) is 22.3 Å². The summed E-state index contributed by atoms with van der Waals surface area (Å²) in [4.78, 5) is 38.9. The van der Waals surface area contributed by atoms with Gasteiger partial charge in [0.1, 0.15) is 17.1 Å². The van der Waals surface area contributed by atoms with E-state index in [1.165, 1.54) is 25.3 Å². The minimum absolute atomic E-state index is 0.225. The van der Waals surface area contributed by atoms with E-state index in [1.807, 2.05) is 13.0 Å². The first-order valence-corrected chi connectivity index (χ1v) is 10.7. The van der Waals surface area contributed by atoms with Crippen LogP contribution in [0.4, 0.5) is 14.9 Å². The first kappa shape index (κ1) is 23.2. The molecule has 34 heavy (non-hydrogen) atoms. The first-order valence-electron chi connectivity index (χ1n) is 10.4. The number of nitrogens with zero attached hydrogens (tertiary/aromatic N) is 1. The van der Waals surface area contributed by atoms with E-state index in [4.69, 9.17) is 16.3 Å². The molecule has 1 heterocycles. The molecule has 3 aromatic rings. The molecule has 0 unspecified atom stereocenters. The second-order valence-corrected chi connectivity index (χ2v) is 8.19. The fourth-order valence-electron chi connectivity index (χ4n) is 3.75. The molecular weight excluding hydrogens is 459 g/mol. The van der Waals surface area contributed by atoms with Gasteiger partial charge in [-0.25, -0.2) is 14.1 Å². The Labute approximate surface area is 200 Å². The van der Waals surface area contributed by atoms with E-state index in [0.717, 1.165) is 10.5 Å². The van der Waals surface area contributed by atoms with Crippen molar-refractivity contribution >= 4 is 41.2 Å². The highest BCUT2D eigenvalue weighted by molar-refractivity contribution is 6.39. The number of carbonyl (C=O) groups excluding carboxylic acids is 3. The minimum atomic E-state index is -0.821. The summed E-state index contributed by atoms with van der Waals surface area (Å²) in [7, 11) is 1.47. The highest BCUT2D eigenvalue weighted by atomic mass is 35.5. The molecule has 1 N–H and O–H groups in total. The molecule has 0 aromatic heterocycles. The number of amides is 4. The third-order valence-electron chi connectivity index (χ3n) is 5.34. The lowest BCUT2D eigenvalue weighted by atomic mass is 10.00. The fraction of sp³-hybridized carbons (Fsp3) is 0.115. The molecule has 0 atom stereocenters. The van der Waals surface area contributed by atoms with Gasteiger partial charge < -0.3 is 4.74 Å². The average molecular weight is 479 g/mol. The van der Waals surface area contributed by atoms with Gasteiger partial charge in [-0.2, -0.15) is 0 Å². The van der Waals surface area contributed by atoms with Crippen LogP contribution >= 0.6 is 11.6 Å². The number of ether oxygens (including phenoxy) is 1. The molecule has 1 fully saturated rings. The summed E-state index contributed by atoms with van der Waals surface area (Å²) < 4.78 is 19.1. The Morgan fingerprint density at radius 1 is 1.06 bits per heavy atom. The van der Waals surface area contributed by atoms with E-state index < -0.39 is 17.8 Å². The van der Waals surface area contributed by atoms with E-state index in [0.29, 0.717) is 39.6 Å². The summed E-state index contributed by atoms with van der Waals surface area (Å²) in [6.45, 7) is 1.83. The molecular formula is C26H20ClFN2O4. The van der Waals surface area contributed by atoms with Crippen molar-refractivity contribution in [2.75, 3.05) is 12.0 Å². The number of methoxy groups -OCH3 is 1. The largest absolute Gasteiger partial charge is 0.496 e. The van der Waals surface area contributed by atoms with Gasteiger partial charge in [0.05, 0.1) is 12.8 Å². The molecule has 172 valence electrons. The molecule has 8 heteroatoms. The zero-order valence-corrected chi connectivity index (χ0v) is 19.2. The quantitative estimate of drug-likeness (QED) is 0.411. The van der Waals surface area contributed by atoms with Gasteiger partial charge in [0, 0.05) is 17.0 Å². The van der Waals surface area contributed by atoms with E-state index >= 15 is 0 Å². The van der Waals surface area contributed by atoms with Crippen molar-refractivity contribution in [3.63, 3.8) is 0 Å². The van der Waals surface area contributed by atoms with Crippen molar-refractivity contribution in [3.8, 4) is 5.75 Å². The molecule has 0 bridgehead atoms. The number of carbonyl (C=O) groups is 3. The third-order valence-corrected chi connectivity index (χ3v) is 5.68. The molecule has 6 nitrogen and oxygen atoms in total.